The van der Waals surface area contributed by atoms with Crippen molar-refractivity contribution in [3.05, 3.63) is 34.1 Å². The highest BCUT2D eigenvalue weighted by Crippen LogP contribution is 2.36. The normalized spacial score (nSPS) is 19.3. The largest absolute Gasteiger partial charge is 0.416 e. The van der Waals surface area contributed by atoms with Crippen LogP contribution in [0, 0.1) is 11.7 Å². The first-order chi connectivity index (χ1) is 10.5. The zero-order chi connectivity index (χ0) is 17.4. The minimum Gasteiger partial charge on any atom is -0.299 e. The molecule has 2 rings (SSSR count). The molecule has 0 aromatic heterocycles. The average Bonchev–Trinajstić information content (AvgIpc) is 2.44. The number of rotatable bonds is 3. The topological polar surface area (TPSA) is 3.24 Å². The Morgan fingerprint density at radius 1 is 1.22 bits per heavy atom. The molecule has 1 fully saturated rings. The average molecular weight is 356 g/mol. The lowest BCUT2D eigenvalue weighted by atomic mass is 9.83. The van der Waals surface area contributed by atoms with Crippen LogP contribution in [0.1, 0.15) is 37.8 Å². The maximum atomic E-state index is 14.5. The van der Waals surface area contributed by atoms with Gasteiger partial charge in [0.2, 0.25) is 0 Å². The number of likely N-dealkylation sites (tertiary alicyclic amines) is 1. The van der Waals surface area contributed by atoms with Gasteiger partial charge in [0.15, 0.2) is 0 Å². The second-order valence-electron chi connectivity index (χ2n) is 6.39. The van der Waals surface area contributed by atoms with Gasteiger partial charge in [-0.2, -0.15) is 13.2 Å². The molecule has 0 N–H and O–H groups in total. The van der Waals surface area contributed by atoms with Crippen molar-refractivity contribution in [2.75, 3.05) is 13.1 Å². The highest BCUT2D eigenvalue weighted by atomic mass is 35.5. The molecule has 1 nitrogen and oxygen atoms in total. The van der Waals surface area contributed by atoms with Crippen molar-refractivity contribution >= 4 is 11.6 Å². The molecule has 0 radical (unpaired) electrons. The van der Waals surface area contributed by atoms with E-state index < -0.39 is 28.2 Å². The number of nitrogens with zero attached hydrogens (tertiary/aromatic N) is 1. The first-order valence-corrected chi connectivity index (χ1v) is 7.87. The zero-order valence-electron chi connectivity index (χ0n) is 13.0. The SMILES string of the molecule is CC(C)C1(F)CCN(Cc2cc(C(F)(F)F)cc(Cl)c2F)CC1. The standard InChI is InChI=1S/C16H19ClF5N/c1-10(2)15(19)3-5-23(6-4-15)9-11-7-12(16(20,21)22)8-13(17)14(11)18/h7-8,10H,3-6,9H2,1-2H3. The third-order valence-corrected chi connectivity index (χ3v) is 4.82. The summed E-state index contributed by atoms with van der Waals surface area (Å²) in [5.41, 5.74) is -2.35. The van der Waals surface area contributed by atoms with E-state index in [0.717, 1.165) is 6.07 Å². The number of alkyl halides is 4. The Kier molecular flexibility index (Phi) is 5.26. The van der Waals surface area contributed by atoms with Gasteiger partial charge in [-0.3, -0.25) is 4.90 Å². The number of piperidine rings is 1. The van der Waals surface area contributed by atoms with E-state index in [1.165, 1.54) is 0 Å². The quantitative estimate of drug-likeness (QED) is 0.651. The van der Waals surface area contributed by atoms with Gasteiger partial charge in [-0.25, -0.2) is 8.78 Å². The lowest BCUT2D eigenvalue weighted by molar-refractivity contribution is -0.137. The molecule has 1 heterocycles. The predicted octanol–water partition coefficient (Wildman–Crippen LogP) is 5.46. The first kappa shape index (κ1) is 18.5. The Labute approximate surface area is 137 Å². The van der Waals surface area contributed by atoms with Crippen LogP contribution in [0.5, 0.6) is 0 Å². The summed E-state index contributed by atoms with van der Waals surface area (Å²) in [6, 6.07) is 1.36. The fourth-order valence-electron chi connectivity index (χ4n) is 2.83. The molecule has 1 aliphatic heterocycles. The van der Waals surface area contributed by atoms with E-state index in [1.54, 1.807) is 4.90 Å². The van der Waals surface area contributed by atoms with E-state index in [0.29, 0.717) is 32.0 Å². The molecule has 23 heavy (non-hydrogen) atoms. The third kappa shape index (κ3) is 4.15. The molecule has 1 aromatic rings. The van der Waals surface area contributed by atoms with Crippen LogP contribution >= 0.6 is 11.6 Å². The van der Waals surface area contributed by atoms with Crippen LogP contribution in [0.3, 0.4) is 0 Å². The zero-order valence-corrected chi connectivity index (χ0v) is 13.7. The molecule has 1 aromatic carbocycles. The molecule has 0 bridgehead atoms. The van der Waals surface area contributed by atoms with E-state index in [-0.39, 0.29) is 18.0 Å². The van der Waals surface area contributed by atoms with E-state index in [9.17, 15) is 22.0 Å². The van der Waals surface area contributed by atoms with Crippen molar-refractivity contribution in [2.24, 2.45) is 5.92 Å². The summed E-state index contributed by atoms with van der Waals surface area (Å²) in [6.07, 6.45) is -4.00. The van der Waals surface area contributed by atoms with Gasteiger partial charge >= 0.3 is 6.18 Å². The predicted molar refractivity (Wildman–Crippen MR) is 79.6 cm³/mol. The van der Waals surface area contributed by atoms with Crippen LogP contribution in [0.2, 0.25) is 5.02 Å². The van der Waals surface area contributed by atoms with Crippen LogP contribution in [0.25, 0.3) is 0 Å². The molecule has 0 saturated carbocycles. The van der Waals surface area contributed by atoms with Crippen LogP contribution < -0.4 is 0 Å². The summed E-state index contributed by atoms with van der Waals surface area (Å²) < 4.78 is 66.9. The second-order valence-corrected chi connectivity index (χ2v) is 6.80. The Morgan fingerprint density at radius 3 is 2.26 bits per heavy atom. The number of halogens is 6. The van der Waals surface area contributed by atoms with Gasteiger partial charge in [0, 0.05) is 25.2 Å². The fraction of sp³-hybridized carbons (Fsp3) is 0.625. The minimum atomic E-state index is -4.58. The van der Waals surface area contributed by atoms with Crippen molar-refractivity contribution in [3.8, 4) is 0 Å². The summed E-state index contributed by atoms with van der Waals surface area (Å²) in [5, 5.41) is -0.547. The fourth-order valence-corrected chi connectivity index (χ4v) is 3.06. The van der Waals surface area contributed by atoms with Crippen molar-refractivity contribution < 1.29 is 22.0 Å². The van der Waals surface area contributed by atoms with E-state index in [1.807, 2.05) is 13.8 Å². The molecule has 1 aliphatic rings. The van der Waals surface area contributed by atoms with Gasteiger partial charge in [0.25, 0.3) is 0 Å². The summed E-state index contributed by atoms with van der Waals surface area (Å²) in [6.45, 7) is 4.36. The summed E-state index contributed by atoms with van der Waals surface area (Å²) in [7, 11) is 0. The molecule has 0 unspecified atom stereocenters. The number of benzene rings is 1. The van der Waals surface area contributed by atoms with Crippen molar-refractivity contribution in [3.63, 3.8) is 0 Å². The first-order valence-electron chi connectivity index (χ1n) is 7.49. The lowest BCUT2D eigenvalue weighted by Crippen LogP contribution is -2.44. The maximum absolute atomic E-state index is 14.5. The van der Waals surface area contributed by atoms with E-state index in [2.05, 4.69) is 0 Å². The summed E-state index contributed by atoms with van der Waals surface area (Å²) >= 11 is 5.58. The molecule has 0 amide bonds. The van der Waals surface area contributed by atoms with Gasteiger partial charge in [-0.15, -0.1) is 0 Å². The number of hydrogen-bond acceptors (Lipinski definition) is 1. The molecule has 0 spiro atoms. The minimum absolute atomic E-state index is 0.0103. The van der Waals surface area contributed by atoms with Crippen molar-refractivity contribution in [1.29, 1.82) is 0 Å². The van der Waals surface area contributed by atoms with Gasteiger partial charge in [-0.05, 0) is 30.9 Å². The third-order valence-electron chi connectivity index (χ3n) is 4.55. The van der Waals surface area contributed by atoms with E-state index >= 15 is 0 Å². The summed E-state index contributed by atoms with van der Waals surface area (Å²) in [5.74, 6) is -0.968. The Balaban J connectivity index is 2.14. The van der Waals surface area contributed by atoms with Crippen molar-refractivity contribution in [2.45, 2.75) is 45.1 Å². The molecule has 1 saturated heterocycles. The lowest BCUT2D eigenvalue weighted by Gasteiger charge is -2.39. The Bertz CT molecular complexity index is 562. The van der Waals surface area contributed by atoms with Gasteiger partial charge in [-0.1, -0.05) is 25.4 Å². The van der Waals surface area contributed by atoms with Gasteiger partial charge in [0.1, 0.15) is 11.5 Å². The van der Waals surface area contributed by atoms with Gasteiger partial charge < -0.3 is 0 Å². The highest BCUT2D eigenvalue weighted by Gasteiger charge is 2.38. The van der Waals surface area contributed by atoms with Crippen molar-refractivity contribution in [1.82, 2.24) is 4.90 Å². The van der Waals surface area contributed by atoms with Crippen LogP contribution in [-0.2, 0) is 12.7 Å². The smallest absolute Gasteiger partial charge is 0.299 e. The number of hydrogen-bond donors (Lipinski definition) is 0. The Hall–Kier alpha value is -0.880. The van der Waals surface area contributed by atoms with E-state index in [4.69, 9.17) is 11.6 Å². The summed E-state index contributed by atoms with van der Waals surface area (Å²) in [4.78, 5) is 1.76. The molecule has 0 aliphatic carbocycles. The molecular weight excluding hydrogens is 337 g/mol. The second kappa shape index (κ2) is 6.55. The van der Waals surface area contributed by atoms with Crippen LogP contribution in [0.4, 0.5) is 22.0 Å². The van der Waals surface area contributed by atoms with Crippen LogP contribution in [0.15, 0.2) is 12.1 Å². The molecule has 7 heteroatoms. The molecule has 130 valence electrons. The van der Waals surface area contributed by atoms with Crippen LogP contribution in [-0.4, -0.2) is 23.7 Å². The van der Waals surface area contributed by atoms with Gasteiger partial charge in [0.05, 0.1) is 10.6 Å². The molecular formula is C16H19ClF5N. The monoisotopic (exact) mass is 355 g/mol. The maximum Gasteiger partial charge on any atom is 0.416 e. The Morgan fingerprint density at radius 2 is 1.78 bits per heavy atom. The molecule has 0 atom stereocenters. The highest BCUT2D eigenvalue weighted by molar-refractivity contribution is 6.30.